The van der Waals surface area contributed by atoms with Crippen LogP contribution in [0.4, 0.5) is 0 Å². The molecule has 0 aliphatic carbocycles. The van der Waals surface area contributed by atoms with Crippen LogP contribution >= 0.6 is 27.3 Å². The molecule has 0 unspecified atom stereocenters. The molecule has 12 heavy (non-hydrogen) atoms. The Labute approximate surface area is 85.3 Å². The lowest BCUT2D eigenvalue weighted by atomic mass is 10.0. The standard InChI is InChI=1S/C9H12BrNS/c10-9-5-4-8(12-9)7-3-1-2-6-11-7/h4-5,7,11H,1-3,6H2/p+1/t7-/m1/s1. The van der Waals surface area contributed by atoms with Gasteiger partial charge in [0.2, 0.25) is 0 Å². The summed E-state index contributed by atoms with van der Waals surface area (Å²) in [5.41, 5.74) is 0. The number of quaternary nitrogens is 1. The molecule has 66 valence electrons. The number of halogens is 1. The van der Waals surface area contributed by atoms with Crippen molar-refractivity contribution in [1.82, 2.24) is 0 Å². The van der Waals surface area contributed by atoms with Gasteiger partial charge in [-0.25, -0.2) is 0 Å². The van der Waals surface area contributed by atoms with Crippen molar-refractivity contribution in [2.75, 3.05) is 6.54 Å². The van der Waals surface area contributed by atoms with Gasteiger partial charge in [-0.05, 0) is 40.9 Å². The minimum Gasteiger partial charge on any atom is -0.339 e. The molecule has 0 radical (unpaired) electrons. The van der Waals surface area contributed by atoms with Crippen molar-refractivity contribution in [2.24, 2.45) is 0 Å². The first-order chi connectivity index (χ1) is 5.86. The smallest absolute Gasteiger partial charge is 0.121 e. The second-order valence-corrected chi connectivity index (χ2v) is 5.76. The molecule has 1 aliphatic heterocycles. The Hall–Kier alpha value is 0.140. The van der Waals surface area contributed by atoms with Crippen molar-refractivity contribution in [3.63, 3.8) is 0 Å². The summed E-state index contributed by atoms with van der Waals surface area (Å²) < 4.78 is 1.26. The molecule has 0 amide bonds. The van der Waals surface area contributed by atoms with E-state index in [1.165, 1.54) is 34.5 Å². The molecule has 1 atom stereocenters. The van der Waals surface area contributed by atoms with E-state index in [0.717, 1.165) is 6.04 Å². The van der Waals surface area contributed by atoms with Crippen LogP contribution in [0, 0.1) is 0 Å². The van der Waals surface area contributed by atoms with Crippen LogP contribution in [0.15, 0.2) is 15.9 Å². The first-order valence-electron chi connectivity index (χ1n) is 4.45. The lowest BCUT2D eigenvalue weighted by Crippen LogP contribution is -2.86. The van der Waals surface area contributed by atoms with Gasteiger partial charge in [0.1, 0.15) is 6.04 Å². The molecule has 2 N–H and O–H groups in total. The van der Waals surface area contributed by atoms with Crippen molar-refractivity contribution >= 4 is 27.3 Å². The number of nitrogens with two attached hydrogens (primary N) is 1. The van der Waals surface area contributed by atoms with E-state index in [1.807, 2.05) is 11.3 Å². The zero-order valence-corrected chi connectivity index (χ0v) is 9.33. The summed E-state index contributed by atoms with van der Waals surface area (Å²) in [6.45, 7) is 1.31. The average molecular weight is 247 g/mol. The molecular weight excluding hydrogens is 234 g/mol. The fourth-order valence-electron chi connectivity index (χ4n) is 1.73. The second-order valence-electron chi connectivity index (χ2n) is 3.27. The number of hydrogen-bond donors (Lipinski definition) is 1. The van der Waals surface area contributed by atoms with Gasteiger partial charge in [-0.3, -0.25) is 0 Å². The number of thiophene rings is 1. The third-order valence-corrected chi connectivity index (χ3v) is 4.14. The van der Waals surface area contributed by atoms with E-state index < -0.39 is 0 Å². The fraction of sp³-hybridized carbons (Fsp3) is 0.556. The van der Waals surface area contributed by atoms with E-state index >= 15 is 0 Å². The highest BCUT2D eigenvalue weighted by molar-refractivity contribution is 9.11. The predicted octanol–water partition coefficient (Wildman–Crippen LogP) is 2.30. The van der Waals surface area contributed by atoms with Crippen LogP contribution in [0.5, 0.6) is 0 Å². The second kappa shape index (κ2) is 3.90. The van der Waals surface area contributed by atoms with Crippen LogP contribution in [-0.2, 0) is 0 Å². The summed E-state index contributed by atoms with van der Waals surface area (Å²) >= 11 is 5.38. The lowest BCUT2D eigenvalue weighted by Gasteiger charge is -2.18. The molecule has 3 heteroatoms. The van der Waals surface area contributed by atoms with Crippen molar-refractivity contribution in [3.8, 4) is 0 Å². The highest BCUT2D eigenvalue weighted by atomic mass is 79.9. The van der Waals surface area contributed by atoms with Crippen molar-refractivity contribution in [1.29, 1.82) is 0 Å². The van der Waals surface area contributed by atoms with Gasteiger partial charge in [0, 0.05) is 6.42 Å². The van der Waals surface area contributed by atoms with Crippen molar-refractivity contribution < 1.29 is 5.32 Å². The fourth-order valence-corrected chi connectivity index (χ4v) is 3.29. The van der Waals surface area contributed by atoms with E-state index in [0.29, 0.717) is 0 Å². The monoisotopic (exact) mass is 246 g/mol. The molecule has 1 aromatic rings. The van der Waals surface area contributed by atoms with Gasteiger partial charge < -0.3 is 5.32 Å². The summed E-state index contributed by atoms with van der Waals surface area (Å²) in [6.07, 6.45) is 4.15. The van der Waals surface area contributed by atoms with E-state index in [1.54, 1.807) is 0 Å². The van der Waals surface area contributed by atoms with Crippen molar-refractivity contribution in [2.45, 2.75) is 25.3 Å². The largest absolute Gasteiger partial charge is 0.339 e. The predicted molar refractivity (Wildman–Crippen MR) is 55.4 cm³/mol. The summed E-state index contributed by atoms with van der Waals surface area (Å²) in [5.74, 6) is 0. The molecule has 0 spiro atoms. The van der Waals surface area contributed by atoms with Crippen LogP contribution in [0.25, 0.3) is 0 Å². The van der Waals surface area contributed by atoms with E-state index in [2.05, 4.69) is 33.4 Å². The van der Waals surface area contributed by atoms with Gasteiger partial charge in [0.05, 0.1) is 15.2 Å². The van der Waals surface area contributed by atoms with Gasteiger partial charge in [-0.2, -0.15) is 0 Å². The molecule has 0 bridgehead atoms. The van der Waals surface area contributed by atoms with Crippen LogP contribution in [0.3, 0.4) is 0 Å². The third-order valence-electron chi connectivity index (χ3n) is 2.38. The Balaban J connectivity index is 2.08. The molecule has 2 rings (SSSR count). The minimum atomic E-state index is 0.745. The number of rotatable bonds is 1. The van der Waals surface area contributed by atoms with E-state index in [4.69, 9.17) is 0 Å². The molecule has 1 fully saturated rings. The van der Waals surface area contributed by atoms with Gasteiger partial charge in [-0.1, -0.05) is 0 Å². The highest BCUT2D eigenvalue weighted by Gasteiger charge is 2.19. The molecule has 1 nitrogen and oxygen atoms in total. The van der Waals surface area contributed by atoms with Crippen LogP contribution in [0.2, 0.25) is 0 Å². The first kappa shape index (κ1) is 8.73. The maximum atomic E-state index is 3.50. The minimum absolute atomic E-state index is 0.745. The molecule has 1 aromatic heterocycles. The summed E-state index contributed by atoms with van der Waals surface area (Å²) in [6, 6.07) is 5.15. The SMILES string of the molecule is Brc1ccc([C@H]2CCCC[NH2+]2)s1. The normalized spacial score (nSPS) is 24.2. The maximum absolute atomic E-state index is 3.50. The van der Waals surface area contributed by atoms with Crippen LogP contribution in [-0.4, -0.2) is 6.54 Å². The molecule has 1 saturated heterocycles. The van der Waals surface area contributed by atoms with E-state index in [9.17, 15) is 0 Å². The molecule has 0 saturated carbocycles. The van der Waals surface area contributed by atoms with Crippen LogP contribution < -0.4 is 5.32 Å². The Kier molecular flexibility index (Phi) is 2.84. The summed E-state index contributed by atoms with van der Waals surface area (Å²) in [4.78, 5) is 1.53. The zero-order chi connectivity index (χ0) is 8.39. The topological polar surface area (TPSA) is 16.6 Å². The van der Waals surface area contributed by atoms with Crippen molar-refractivity contribution in [3.05, 3.63) is 20.8 Å². The highest BCUT2D eigenvalue weighted by Crippen LogP contribution is 2.28. The van der Waals surface area contributed by atoms with Gasteiger partial charge in [0.25, 0.3) is 0 Å². The maximum Gasteiger partial charge on any atom is 0.121 e. The van der Waals surface area contributed by atoms with Gasteiger partial charge in [-0.15, -0.1) is 11.3 Å². The first-order valence-corrected chi connectivity index (χ1v) is 6.06. The Morgan fingerprint density at radius 3 is 2.92 bits per heavy atom. The van der Waals surface area contributed by atoms with Gasteiger partial charge >= 0.3 is 0 Å². The number of piperidine rings is 1. The zero-order valence-electron chi connectivity index (χ0n) is 6.92. The Morgan fingerprint density at radius 2 is 2.33 bits per heavy atom. The third kappa shape index (κ3) is 1.90. The van der Waals surface area contributed by atoms with E-state index in [-0.39, 0.29) is 0 Å². The van der Waals surface area contributed by atoms with Gasteiger partial charge in [0.15, 0.2) is 0 Å². The quantitative estimate of drug-likeness (QED) is 0.784. The molecule has 2 heterocycles. The number of hydrogen-bond acceptors (Lipinski definition) is 1. The Bertz CT molecular complexity index is 253. The van der Waals surface area contributed by atoms with Crippen LogP contribution in [0.1, 0.15) is 30.2 Å². The summed E-state index contributed by atoms with van der Waals surface area (Å²) in [5, 5.41) is 2.47. The molecular formula is C9H13BrNS+. The average Bonchev–Trinajstić information content (AvgIpc) is 2.54. The lowest BCUT2D eigenvalue weighted by molar-refractivity contribution is -0.703. The molecule has 1 aliphatic rings. The summed E-state index contributed by atoms with van der Waals surface area (Å²) in [7, 11) is 0. The Morgan fingerprint density at radius 1 is 1.42 bits per heavy atom. The molecule has 0 aromatic carbocycles.